The van der Waals surface area contributed by atoms with Crippen LogP contribution in [0.15, 0.2) is 18.2 Å². The molecule has 0 aromatic heterocycles. The molecule has 1 aliphatic heterocycles. The van der Waals surface area contributed by atoms with Crippen molar-refractivity contribution < 1.29 is 4.79 Å². The van der Waals surface area contributed by atoms with Crippen molar-refractivity contribution in [3.8, 4) is 0 Å². The molecule has 136 valence electrons. The van der Waals surface area contributed by atoms with E-state index in [9.17, 15) is 4.79 Å². The van der Waals surface area contributed by atoms with Crippen LogP contribution in [0.4, 0.5) is 0 Å². The number of nitrogens with two attached hydrogens (primary N) is 1. The van der Waals surface area contributed by atoms with E-state index in [1.165, 1.54) is 0 Å². The Morgan fingerprint density at radius 1 is 1.21 bits per heavy atom. The van der Waals surface area contributed by atoms with Gasteiger partial charge in [0.2, 0.25) is 5.91 Å². The molecule has 0 aliphatic carbocycles. The lowest BCUT2D eigenvalue weighted by Crippen LogP contribution is -2.49. The number of hydrogen-bond donors (Lipinski definition) is 1. The molecule has 3 nitrogen and oxygen atoms in total. The van der Waals surface area contributed by atoms with E-state index in [4.69, 9.17) is 28.9 Å². The van der Waals surface area contributed by atoms with E-state index in [0.717, 1.165) is 44.3 Å². The highest BCUT2D eigenvalue weighted by Gasteiger charge is 2.40. The summed E-state index contributed by atoms with van der Waals surface area (Å²) >= 11 is 12.2. The minimum atomic E-state index is -0.524. The Hall–Kier alpha value is -0.480. The molecule has 1 fully saturated rings. The second-order valence-corrected chi connectivity index (χ2v) is 7.20. The molecule has 0 radical (unpaired) electrons. The highest BCUT2D eigenvalue weighted by atomic mass is 35.5. The molecule has 1 aromatic rings. The minimum Gasteiger partial charge on any atom is -0.342 e. The van der Waals surface area contributed by atoms with Gasteiger partial charge in [-0.2, -0.15) is 0 Å². The molecular weight excluding hydrogens is 367 g/mol. The summed E-state index contributed by atoms with van der Waals surface area (Å²) in [7, 11) is 0. The summed E-state index contributed by atoms with van der Waals surface area (Å²) in [6, 6.07) is 5.57. The Kier molecular flexibility index (Phi) is 8.34. The Morgan fingerprint density at radius 3 is 2.25 bits per heavy atom. The Bertz CT molecular complexity index is 553. The van der Waals surface area contributed by atoms with E-state index in [2.05, 4.69) is 13.8 Å². The zero-order valence-corrected chi connectivity index (χ0v) is 16.7. The third-order valence-electron chi connectivity index (χ3n) is 5.32. The first kappa shape index (κ1) is 21.6. The van der Waals surface area contributed by atoms with Gasteiger partial charge >= 0.3 is 0 Å². The fourth-order valence-corrected chi connectivity index (χ4v) is 3.85. The van der Waals surface area contributed by atoms with Crippen molar-refractivity contribution in [3.05, 3.63) is 33.8 Å². The molecule has 1 aliphatic rings. The molecular formula is C18H27Cl3N2O. The molecule has 1 saturated heterocycles. The van der Waals surface area contributed by atoms with Gasteiger partial charge in [0.15, 0.2) is 0 Å². The fourth-order valence-electron chi connectivity index (χ4n) is 3.55. The number of carbonyl (C=O) groups excluding carboxylic acids is 1. The van der Waals surface area contributed by atoms with Crippen LogP contribution in [0.5, 0.6) is 0 Å². The molecule has 2 N–H and O–H groups in total. The maximum absolute atomic E-state index is 13.3. The molecule has 2 rings (SSSR count). The zero-order valence-electron chi connectivity index (χ0n) is 14.4. The summed E-state index contributed by atoms with van der Waals surface area (Å²) in [5.74, 6) is 0.748. The third-order valence-corrected chi connectivity index (χ3v) is 6.06. The van der Waals surface area contributed by atoms with Crippen molar-refractivity contribution in [2.24, 2.45) is 11.7 Å². The molecule has 0 bridgehead atoms. The monoisotopic (exact) mass is 392 g/mol. The van der Waals surface area contributed by atoms with Crippen LogP contribution in [0.1, 0.15) is 45.1 Å². The van der Waals surface area contributed by atoms with Crippen molar-refractivity contribution >= 4 is 41.5 Å². The van der Waals surface area contributed by atoms with Crippen molar-refractivity contribution in [1.29, 1.82) is 0 Å². The maximum atomic E-state index is 13.3. The van der Waals surface area contributed by atoms with Gasteiger partial charge in [-0.15, -0.1) is 12.4 Å². The van der Waals surface area contributed by atoms with Crippen LogP contribution < -0.4 is 5.73 Å². The molecule has 1 heterocycles. The fraction of sp³-hybridized carbons (Fsp3) is 0.611. The first-order valence-electron chi connectivity index (χ1n) is 8.43. The Morgan fingerprint density at radius 2 is 1.79 bits per heavy atom. The second kappa shape index (κ2) is 9.28. The lowest BCUT2D eigenvalue weighted by Gasteiger charge is -2.40. The SMILES string of the molecule is CCC(CC)(C(=O)N1CCC(CN)CC1)c1ccc(Cl)c(Cl)c1.Cl. The third kappa shape index (κ3) is 4.19. The van der Waals surface area contributed by atoms with E-state index < -0.39 is 5.41 Å². The number of nitrogens with zero attached hydrogens (tertiary/aromatic N) is 1. The summed E-state index contributed by atoms with van der Waals surface area (Å²) in [4.78, 5) is 15.3. The highest BCUT2D eigenvalue weighted by molar-refractivity contribution is 6.42. The van der Waals surface area contributed by atoms with E-state index in [1.807, 2.05) is 17.0 Å². The van der Waals surface area contributed by atoms with Gasteiger partial charge in [-0.25, -0.2) is 0 Å². The van der Waals surface area contributed by atoms with Crippen LogP contribution in [0.2, 0.25) is 10.0 Å². The number of carbonyl (C=O) groups is 1. The van der Waals surface area contributed by atoms with Gasteiger partial charge in [-0.1, -0.05) is 43.1 Å². The first-order valence-corrected chi connectivity index (χ1v) is 9.19. The van der Waals surface area contributed by atoms with Gasteiger partial charge < -0.3 is 10.6 Å². The van der Waals surface area contributed by atoms with E-state index in [-0.39, 0.29) is 18.3 Å². The predicted octanol–water partition coefficient (Wildman–Crippen LogP) is 4.67. The number of halogens is 3. The topological polar surface area (TPSA) is 46.3 Å². The van der Waals surface area contributed by atoms with Crippen molar-refractivity contribution in [1.82, 2.24) is 4.90 Å². The van der Waals surface area contributed by atoms with Crippen LogP contribution in [0.25, 0.3) is 0 Å². The van der Waals surface area contributed by atoms with Gasteiger partial charge in [-0.05, 0) is 55.8 Å². The van der Waals surface area contributed by atoms with Crippen LogP contribution in [-0.4, -0.2) is 30.4 Å². The average molecular weight is 394 g/mol. The van der Waals surface area contributed by atoms with Crippen molar-refractivity contribution in [2.75, 3.05) is 19.6 Å². The predicted molar refractivity (Wildman–Crippen MR) is 104 cm³/mol. The Balaban J connectivity index is 0.00000288. The van der Waals surface area contributed by atoms with Gasteiger partial charge in [-0.3, -0.25) is 4.79 Å². The number of piperidine rings is 1. The lowest BCUT2D eigenvalue weighted by molar-refractivity contribution is -0.139. The van der Waals surface area contributed by atoms with Crippen LogP contribution in [0, 0.1) is 5.92 Å². The number of benzene rings is 1. The zero-order chi connectivity index (χ0) is 17.0. The summed E-state index contributed by atoms with van der Waals surface area (Å²) in [5, 5.41) is 1.03. The molecule has 6 heteroatoms. The summed E-state index contributed by atoms with van der Waals surface area (Å²) in [5.41, 5.74) is 6.19. The summed E-state index contributed by atoms with van der Waals surface area (Å²) < 4.78 is 0. The average Bonchev–Trinajstić information content (AvgIpc) is 2.59. The normalized spacial score (nSPS) is 16.0. The molecule has 0 unspecified atom stereocenters. The quantitative estimate of drug-likeness (QED) is 0.790. The lowest BCUT2D eigenvalue weighted by atomic mass is 9.74. The number of amides is 1. The second-order valence-electron chi connectivity index (χ2n) is 6.39. The van der Waals surface area contributed by atoms with E-state index in [0.29, 0.717) is 22.5 Å². The first-order chi connectivity index (χ1) is 11.0. The molecule has 0 atom stereocenters. The Labute approximate surface area is 161 Å². The molecule has 24 heavy (non-hydrogen) atoms. The standard InChI is InChI=1S/C18H26Cl2N2O.ClH/c1-3-18(4-2,14-5-6-15(19)16(20)11-14)17(23)22-9-7-13(12-21)8-10-22;/h5-6,11,13H,3-4,7-10,12,21H2,1-2H3;1H. The van der Waals surface area contributed by atoms with Gasteiger partial charge in [0.1, 0.15) is 0 Å². The van der Waals surface area contributed by atoms with Gasteiger partial charge in [0.05, 0.1) is 15.5 Å². The molecule has 0 saturated carbocycles. The molecule has 0 spiro atoms. The van der Waals surface area contributed by atoms with Crippen molar-refractivity contribution in [3.63, 3.8) is 0 Å². The largest absolute Gasteiger partial charge is 0.342 e. The van der Waals surface area contributed by atoms with Gasteiger partial charge in [0.25, 0.3) is 0 Å². The van der Waals surface area contributed by atoms with Crippen molar-refractivity contribution in [2.45, 2.75) is 44.9 Å². The highest BCUT2D eigenvalue weighted by Crippen LogP contribution is 2.37. The van der Waals surface area contributed by atoms with Crippen LogP contribution in [0.3, 0.4) is 0 Å². The molecule has 1 aromatic carbocycles. The van der Waals surface area contributed by atoms with E-state index in [1.54, 1.807) is 6.07 Å². The van der Waals surface area contributed by atoms with E-state index >= 15 is 0 Å². The van der Waals surface area contributed by atoms with Crippen LogP contribution in [-0.2, 0) is 10.2 Å². The van der Waals surface area contributed by atoms with Crippen LogP contribution >= 0.6 is 35.6 Å². The maximum Gasteiger partial charge on any atom is 0.233 e. The minimum absolute atomic E-state index is 0. The number of rotatable bonds is 5. The van der Waals surface area contributed by atoms with Gasteiger partial charge in [0, 0.05) is 13.1 Å². The summed E-state index contributed by atoms with van der Waals surface area (Å²) in [6.07, 6.45) is 3.48. The number of hydrogen-bond acceptors (Lipinski definition) is 2. The summed E-state index contributed by atoms with van der Waals surface area (Å²) in [6.45, 7) is 6.43. The molecule has 1 amide bonds. The number of likely N-dealkylation sites (tertiary alicyclic amines) is 1. The smallest absolute Gasteiger partial charge is 0.233 e.